The van der Waals surface area contributed by atoms with Crippen LogP contribution in [0.4, 0.5) is 11.4 Å². The molecule has 0 saturated heterocycles. The first-order valence-corrected chi connectivity index (χ1v) is 10.1. The Bertz CT molecular complexity index is 881. The maximum absolute atomic E-state index is 12.5. The summed E-state index contributed by atoms with van der Waals surface area (Å²) in [6.07, 6.45) is 0.983. The average Bonchev–Trinajstić information content (AvgIpc) is 2.58. The topological polar surface area (TPSA) is 75.7 Å². The molecule has 0 radical (unpaired) electrons. The second kappa shape index (κ2) is 8.23. The molecule has 140 valence electrons. The molecule has 6 nitrogen and oxygen atoms in total. The summed E-state index contributed by atoms with van der Waals surface area (Å²) in [7, 11) is -1.91. The Morgan fingerprint density at radius 2 is 1.88 bits per heavy atom. The highest BCUT2D eigenvalue weighted by atomic mass is 32.2. The van der Waals surface area contributed by atoms with Crippen LogP contribution in [0.5, 0.6) is 5.75 Å². The molecule has 2 aromatic rings. The smallest absolute Gasteiger partial charge is 0.265 e. The first-order valence-electron chi connectivity index (χ1n) is 8.29. The van der Waals surface area contributed by atoms with Crippen molar-refractivity contribution >= 4 is 27.3 Å². The van der Waals surface area contributed by atoms with Crippen LogP contribution in [0, 0.1) is 6.92 Å². The Balaban J connectivity index is 2.12. The first kappa shape index (κ1) is 19.8. The van der Waals surface area contributed by atoms with Gasteiger partial charge < -0.3 is 10.1 Å². The van der Waals surface area contributed by atoms with Gasteiger partial charge in [0.15, 0.2) is 6.10 Å². The van der Waals surface area contributed by atoms with Gasteiger partial charge in [-0.1, -0.05) is 25.1 Å². The van der Waals surface area contributed by atoms with Crippen LogP contribution in [0.15, 0.2) is 48.5 Å². The van der Waals surface area contributed by atoms with Gasteiger partial charge in [-0.05, 0) is 49.2 Å². The molecular formula is C19H24N2O4S. The van der Waals surface area contributed by atoms with E-state index >= 15 is 0 Å². The highest BCUT2D eigenvalue weighted by molar-refractivity contribution is 7.92. The lowest BCUT2D eigenvalue weighted by atomic mass is 10.2. The summed E-state index contributed by atoms with van der Waals surface area (Å²) in [5.41, 5.74) is 2.03. The van der Waals surface area contributed by atoms with Crippen molar-refractivity contribution in [2.24, 2.45) is 0 Å². The van der Waals surface area contributed by atoms with Crippen LogP contribution in [0.25, 0.3) is 0 Å². The molecule has 1 amide bonds. The normalized spacial score (nSPS) is 12.3. The van der Waals surface area contributed by atoms with Crippen LogP contribution in [-0.4, -0.2) is 33.7 Å². The Hall–Kier alpha value is -2.54. The maximum atomic E-state index is 12.5. The van der Waals surface area contributed by atoms with Crippen LogP contribution < -0.4 is 14.4 Å². The summed E-state index contributed by atoms with van der Waals surface area (Å²) in [6, 6.07) is 14.2. The standard InChI is InChI=1S/C19H24N2O4S/c1-5-18(25-17-11-6-8-14(2)12-17)19(22)20-15-9-7-10-16(13-15)21(3)26(4,23)24/h6-13,18H,5H2,1-4H3,(H,20,22)/t18-/m1/s1. The molecule has 7 heteroatoms. The minimum absolute atomic E-state index is 0.284. The highest BCUT2D eigenvalue weighted by Gasteiger charge is 2.19. The number of amides is 1. The number of benzene rings is 2. The van der Waals surface area contributed by atoms with Crippen molar-refractivity contribution in [1.29, 1.82) is 0 Å². The molecule has 0 aromatic heterocycles. The van der Waals surface area contributed by atoms with Gasteiger partial charge in [0.2, 0.25) is 10.0 Å². The van der Waals surface area contributed by atoms with E-state index in [0.29, 0.717) is 23.5 Å². The summed E-state index contributed by atoms with van der Waals surface area (Å²) in [5.74, 6) is 0.353. The van der Waals surface area contributed by atoms with E-state index in [4.69, 9.17) is 4.74 Å². The van der Waals surface area contributed by atoms with E-state index in [-0.39, 0.29) is 5.91 Å². The summed E-state index contributed by atoms with van der Waals surface area (Å²) in [4.78, 5) is 12.5. The highest BCUT2D eigenvalue weighted by Crippen LogP contribution is 2.21. The summed E-state index contributed by atoms with van der Waals surface area (Å²) in [5, 5.41) is 2.79. The van der Waals surface area contributed by atoms with E-state index < -0.39 is 16.1 Å². The quantitative estimate of drug-likeness (QED) is 0.805. The number of sulfonamides is 1. The molecule has 2 aromatic carbocycles. The van der Waals surface area contributed by atoms with Gasteiger partial charge in [-0.25, -0.2) is 8.42 Å². The number of aryl methyl sites for hydroxylation is 1. The van der Waals surface area contributed by atoms with E-state index in [9.17, 15) is 13.2 Å². The van der Waals surface area contributed by atoms with Gasteiger partial charge in [-0.3, -0.25) is 9.10 Å². The Morgan fingerprint density at radius 1 is 1.19 bits per heavy atom. The number of anilines is 2. The van der Waals surface area contributed by atoms with E-state index in [1.807, 2.05) is 38.1 Å². The fourth-order valence-electron chi connectivity index (χ4n) is 2.37. The molecule has 0 unspecified atom stereocenters. The van der Waals surface area contributed by atoms with Crippen LogP contribution in [0.1, 0.15) is 18.9 Å². The van der Waals surface area contributed by atoms with Gasteiger partial charge in [0.05, 0.1) is 11.9 Å². The van der Waals surface area contributed by atoms with E-state index in [1.54, 1.807) is 24.3 Å². The summed E-state index contributed by atoms with van der Waals surface area (Å²) < 4.78 is 30.3. The zero-order valence-electron chi connectivity index (χ0n) is 15.4. The zero-order chi connectivity index (χ0) is 19.3. The van der Waals surface area contributed by atoms with Crippen LogP contribution in [0.2, 0.25) is 0 Å². The fourth-order valence-corrected chi connectivity index (χ4v) is 2.87. The number of hydrogen-bond acceptors (Lipinski definition) is 4. The molecule has 0 spiro atoms. The third kappa shape index (κ3) is 5.23. The molecule has 0 aliphatic heterocycles. The number of rotatable bonds is 7. The number of nitrogens with zero attached hydrogens (tertiary/aromatic N) is 1. The molecule has 1 N–H and O–H groups in total. The molecule has 0 fully saturated rings. The van der Waals surface area contributed by atoms with Crippen molar-refractivity contribution < 1.29 is 17.9 Å². The number of ether oxygens (including phenoxy) is 1. The van der Waals surface area contributed by atoms with Gasteiger partial charge >= 0.3 is 0 Å². The zero-order valence-corrected chi connectivity index (χ0v) is 16.2. The van der Waals surface area contributed by atoms with Gasteiger partial charge in [0.25, 0.3) is 5.91 Å². The van der Waals surface area contributed by atoms with Crippen molar-refractivity contribution in [3.63, 3.8) is 0 Å². The molecular weight excluding hydrogens is 352 g/mol. The number of nitrogens with one attached hydrogen (secondary N) is 1. The maximum Gasteiger partial charge on any atom is 0.265 e. The summed E-state index contributed by atoms with van der Waals surface area (Å²) in [6.45, 7) is 3.82. The molecule has 0 aliphatic carbocycles. The van der Waals surface area contributed by atoms with Crippen molar-refractivity contribution in [3.05, 3.63) is 54.1 Å². The number of carbonyl (C=O) groups excluding carboxylic acids is 1. The predicted molar refractivity (Wildman–Crippen MR) is 104 cm³/mol. The van der Waals surface area contributed by atoms with Gasteiger partial charge in [-0.15, -0.1) is 0 Å². The van der Waals surface area contributed by atoms with Crippen molar-refractivity contribution in [2.75, 3.05) is 22.9 Å². The molecule has 0 saturated carbocycles. The Kier molecular flexibility index (Phi) is 6.26. The Morgan fingerprint density at radius 3 is 2.50 bits per heavy atom. The predicted octanol–water partition coefficient (Wildman–Crippen LogP) is 3.19. The monoisotopic (exact) mass is 376 g/mol. The van der Waals surface area contributed by atoms with E-state index in [2.05, 4.69) is 5.32 Å². The third-order valence-electron chi connectivity index (χ3n) is 3.91. The van der Waals surface area contributed by atoms with Gasteiger partial charge in [0.1, 0.15) is 5.75 Å². The Labute approximate surface area is 154 Å². The minimum atomic E-state index is -3.37. The molecule has 0 heterocycles. The number of hydrogen-bond donors (Lipinski definition) is 1. The molecule has 0 bridgehead atoms. The molecule has 1 atom stereocenters. The van der Waals surface area contributed by atoms with Crippen LogP contribution >= 0.6 is 0 Å². The lowest BCUT2D eigenvalue weighted by molar-refractivity contribution is -0.122. The molecule has 26 heavy (non-hydrogen) atoms. The second-order valence-electron chi connectivity index (χ2n) is 6.10. The van der Waals surface area contributed by atoms with Gasteiger partial charge in [-0.2, -0.15) is 0 Å². The second-order valence-corrected chi connectivity index (χ2v) is 8.12. The van der Waals surface area contributed by atoms with Crippen molar-refractivity contribution in [3.8, 4) is 5.75 Å². The lowest BCUT2D eigenvalue weighted by Crippen LogP contribution is -2.32. The molecule has 2 rings (SSSR count). The minimum Gasteiger partial charge on any atom is -0.481 e. The largest absolute Gasteiger partial charge is 0.481 e. The van der Waals surface area contributed by atoms with Gasteiger partial charge in [0, 0.05) is 12.7 Å². The fraction of sp³-hybridized carbons (Fsp3) is 0.316. The first-order chi connectivity index (χ1) is 12.2. The van der Waals surface area contributed by atoms with E-state index in [0.717, 1.165) is 16.1 Å². The summed E-state index contributed by atoms with van der Waals surface area (Å²) >= 11 is 0. The third-order valence-corrected chi connectivity index (χ3v) is 5.11. The molecule has 0 aliphatic rings. The van der Waals surface area contributed by atoms with Crippen LogP contribution in [-0.2, 0) is 14.8 Å². The average molecular weight is 376 g/mol. The number of carbonyl (C=O) groups is 1. The van der Waals surface area contributed by atoms with Crippen molar-refractivity contribution in [2.45, 2.75) is 26.4 Å². The SMILES string of the molecule is CC[C@@H](Oc1cccc(C)c1)C(=O)Nc1cccc(N(C)S(C)(=O)=O)c1. The lowest BCUT2D eigenvalue weighted by Gasteiger charge is -2.19. The van der Waals surface area contributed by atoms with E-state index in [1.165, 1.54) is 7.05 Å². The van der Waals surface area contributed by atoms with Crippen molar-refractivity contribution in [1.82, 2.24) is 0 Å². The van der Waals surface area contributed by atoms with Crippen LogP contribution in [0.3, 0.4) is 0 Å².